The number of anilines is 1. The highest BCUT2D eigenvalue weighted by Gasteiger charge is 2.20. The summed E-state index contributed by atoms with van der Waals surface area (Å²) >= 11 is 0. The molecule has 4 rings (SSSR count). The fourth-order valence-corrected chi connectivity index (χ4v) is 3.25. The molecule has 3 aromatic rings. The molecular formula is C18H18FN5O. The lowest BCUT2D eigenvalue weighted by Gasteiger charge is -2.19. The van der Waals surface area contributed by atoms with Crippen molar-refractivity contribution in [2.75, 3.05) is 11.9 Å². The van der Waals surface area contributed by atoms with Gasteiger partial charge in [-0.15, -0.1) is 0 Å². The molecule has 2 aromatic heterocycles. The molecule has 0 saturated carbocycles. The van der Waals surface area contributed by atoms with Crippen molar-refractivity contribution in [3.63, 3.8) is 0 Å². The number of nitrogens with zero attached hydrogens (tertiary/aromatic N) is 3. The third-order valence-electron chi connectivity index (χ3n) is 4.53. The first-order chi connectivity index (χ1) is 12.0. The summed E-state index contributed by atoms with van der Waals surface area (Å²) in [4.78, 5) is 17.2. The molecular weight excluding hydrogens is 321 g/mol. The summed E-state index contributed by atoms with van der Waals surface area (Å²) in [7, 11) is 1.77. The van der Waals surface area contributed by atoms with Gasteiger partial charge in [0.05, 0.1) is 22.8 Å². The minimum absolute atomic E-state index is 0.206. The number of rotatable bonds is 2. The highest BCUT2D eigenvalue weighted by molar-refractivity contribution is 6.12. The molecule has 128 valence electrons. The molecule has 3 heterocycles. The lowest BCUT2D eigenvalue weighted by atomic mass is 9.99. The minimum Gasteiger partial charge on any atom is -0.319 e. The third-order valence-corrected chi connectivity index (χ3v) is 4.53. The third kappa shape index (κ3) is 2.66. The second-order valence-electron chi connectivity index (χ2n) is 6.26. The van der Waals surface area contributed by atoms with Crippen molar-refractivity contribution in [2.45, 2.75) is 19.9 Å². The van der Waals surface area contributed by atoms with E-state index in [1.807, 2.05) is 13.0 Å². The van der Waals surface area contributed by atoms with Crippen LogP contribution in [0.4, 0.5) is 10.1 Å². The van der Waals surface area contributed by atoms with E-state index in [-0.39, 0.29) is 17.4 Å². The number of nitrogens with one attached hydrogen (secondary N) is 2. The van der Waals surface area contributed by atoms with Crippen LogP contribution in [-0.2, 0) is 20.0 Å². The average molecular weight is 339 g/mol. The van der Waals surface area contributed by atoms with Crippen molar-refractivity contribution in [3.05, 3.63) is 52.6 Å². The van der Waals surface area contributed by atoms with Crippen molar-refractivity contribution in [2.24, 2.45) is 7.05 Å². The largest absolute Gasteiger partial charge is 0.319 e. The van der Waals surface area contributed by atoms with E-state index in [2.05, 4.69) is 20.7 Å². The maximum absolute atomic E-state index is 14.8. The number of fused-ring (bicyclic) bond motifs is 2. The van der Waals surface area contributed by atoms with Crippen molar-refractivity contribution in [3.8, 4) is 0 Å². The van der Waals surface area contributed by atoms with Gasteiger partial charge in [0.1, 0.15) is 5.82 Å². The van der Waals surface area contributed by atoms with E-state index >= 15 is 0 Å². The van der Waals surface area contributed by atoms with Gasteiger partial charge in [-0.3, -0.25) is 9.48 Å². The van der Waals surface area contributed by atoms with Crippen LogP contribution in [0.25, 0.3) is 11.0 Å². The van der Waals surface area contributed by atoms with Crippen LogP contribution in [0.15, 0.2) is 24.4 Å². The number of carbonyl (C=O) groups excluding carboxylic acids is 1. The Labute approximate surface area is 144 Å². The van der Waals surface area contributed by atoms with Crippen LogP contribution in [0.5, 0.6) is 0 Å². The van der Waals surface area contributed by atoms with Crippen LogP contribution in [-0.4, -0.2) is 27.2 Å². The smallest absolute Gasteiger partial charge is 0.256 e. The molecule has 7 heteroatoms. The van der Waals surface area contributed by atoms with Gasteiger partial charge in [-0.05, 0) is 43.1 Å². The second kappa shape index (κ2) is 5.93. The number of carbonyl (C=O) groups is 1. The minimum atomic E-state index is -0.365. The molecule has 1 amide bonds. The zero-order valence-electron chi connectivity index (χ0n) is 14.1. The summed E-state index contributed by atoms with van der Waals surface area (Å²) in [5.74, 6) is -0.711. The zero-order chi connectivity index (χ0) is 17.6. The number of aromatic nitrogens is 3. The van der Waals surface area contributed by atoms with Crippen LogP contribution >= 0.6 is 0 Å². The molecule has 25 heavy (non-hydrogen) atoms. The number of halogens is 1. The fourth-order valence-electron chi connectivity index (χ4n) is 3.25. The van der Waals surface area contributed by atoms with E-state index in [0.29, 0.717) is 40.8 Å². The maximum Gasteiger partial charge on any atom is 0.256 e. The molecule has 0 aliphatic carbocycles. The molecule has 2 N–H and O–H groups in total. The molecule has 0 radical (unpaired) electrons. The Balaban J connectivity index is 1.72. The molecule has 0 fully saturated rings. The van der Waals surface area contributed by atoms with Crippen molar-refractivity contribution in [1.29, 1.82) is 0 Å². The Morgan fingerprint density at radius 1 is 1.40 bits per heavy atom. The molecule has 1 aliphatic rings. The molecule has 0 unspecified atom stereocenters. The van der Waals surface area contributed by atoms with Gasteiger partial charge in [-0.2, -0.15) is 5.10 Å². The fraction of sp³-hybridized carbons (Fsp3) is 0.278. The number of amides is 1. The van der Waals surface area contributed by atoms with Gasteiger partial charge in [0.2, 0.25) is 0 Å². The summed E-state index contributed by atoms with van der Waals surface area (Å²) in [5, 5.41) is 10.7. The van der Waals surface area contributed by atoms with E-state index in [1.165, 1.54) is 0 Å². The van der Waals surface area contributed by atoms with Gasteiger partial charge in [-0.25, -0.2) is 9.37 Å². The quantitative estimate of drug-likeness (QED) is 0.752. The number of benzene rings is 1. The van der Waals surface area contributed by atoms with E-state index in [0.717, 1.165) is 12.1 Å². The van der Waals surface area contributed by atoms with Gasteiger partial charge in [0.15, 0.2) is 5.65 Å². The predicted octanol–water partition coefficient (Wildman–Crippen LogP) is 2.31. The second-order valence-corrected chi connectivity index (χ2v) is 6.26. The van der Waals surface area contributed by atoms with Gasteiger partial charge >= 0.3 is 0 Å². The summed E-state index contributed by atoms with van der Waals surface area (Å²) in [6, 6.07) is 5.17. The van der Waals surface area contributed by atoms with Crippen molar-refractivity contribution >= 4 is 22.6 Å². The molecule has 1 aromatic carbocycles. The Morgan fingerprint density at radius 2 is 2.24 bits per heavy atom. The maximum atomic E-state index is 14.8. The standard InChI is InChI=1S/C18H18FN5O/c1-10-7-13(14-9-21-24(2)17(14)22-10)18(25)23-15-4-3-11-8-20-6-5-12(11)16(15)19/h3-4,7,9,20H,5-6,8H2,1-2H3,(H,23,25). The Hall–Kier alpha value is -2.80. The summed E-state index contributed by atoms with van der Waals surface area (Å²) in [6.45, 7) is 3.21. The lowest BCUT2D eigenvalue weighted by Crippen LogP contribution is -2.25. The van der Waals surface area contributed by atoms with E-state index in [9.17, 15) is 9.18 Å². The highest BCUT2D eigenvalue weighted by Crippen LogP contribution is 2.26. The normalized spacial score (nSPS) is 13.7. The van der Waals surface area contributed by atoms with Crippen molar-refractivity contribution in [1.82, 2.24) is 20.1 Å². The molecule has 0 saturated heterocycles. The molecule has 0 atom stereocenters. The van der Waals surface area contributed by atoms with Gasteiger partial charge < -0.3 is 10.6 Å². The molecule has 0 bridgehead atoms. The van der Waals surface area contributed by atoms with Crippen molar-refractivity contribution < 1.29 is 9.18 Å². The topological polar surface area (TPSA) is 71.8 Å². The van der Waals surface area contributed by atoms with Crippen LogP contribution in [0.1, 0.15) is 27.2 Å². The Bertz CT molecular complexity index is 995. The zero-order valence-corrected chi connectivity index (χ0v) is 14.1. The first-order valence-electron chi connectivity index (χ1n) is 8.16. The van der Waals surface area contributed by atoms with Gasteiger partial charge in [-0.1, -0.05) is 6.07 Å². The predicted molar refractivity (Wildman–Crippen MR) is 93.0 cm³/mol. The van der Waals surface area contributed by atoms with Crippen LogP contribution in [0.3, 0.4) is 0 Å². The Kier molecular flexibility index (Phi) is 3.73. The lowest BCUT2D eigenvalue weighted by molar-refractivity contribution is 0.102. The number of hydrogen-bond acceptors (Lipinski definition) is 4. The average Bonchev–Trinajstić information content (AvgIpc) is 2.98. The first kappa shape index (κ1) is 15.7. The highest BCUT2D eigenvalue weighted by atomic mass is 19.1. The SMILES string of the molecule is Cc1cc(C(=O)Nc2ccc3c(c2F)CCNC3)c2cnn(C)c2n1. The summed E-state index contributed by atoms with van der Waals surface area (Å²) < 4.78 is 16.4. The molecule has 6 nitrogen and oxygen atoms in total. The number of aryl methyl sites for hydroxylation is 2. The Morgan fingerprint density at radius 3 is 3.08 bits per heavy atom. The van der Waals surface area contributed by atoms with Crippen LogP contribution in [0, 0.1) is 12.7 Å². The number of pyridine rings is 1. The molecule has 1 aliphatic heterocycles. The van der Waals surface area contributed by atoms with E-state index in [4.69, 9.17) is 0 Å². The first-order valence-corrected chi connectivity index (χ1v) is 8.16. The molecule has 0 spiro atoms. The summed E-state index contributed by atoms with van der Waals surface area (Å²) in [6.07, 6.45) is 2.22. The van der Waals surface area contributed by atoms with E-state index in [1.54, 1.807) is 30.1 Å². The van der Waals surface area contributed by atoms with Gasteiger partial charge in [0.25, 0.3) is 5.91 Å². The van der Waals surface area contributed by atoms with Crippen LogP contribution < -0.4 is 10.6 Å². The van der Waals surface area contributed by atoms with E-state index < -0.39 is 0 Å². The summed E-state index contributed by atoms with van der Waals surface area (Å²) in [5.41, 5.74) is 3.59. The monoisotopic (exact) mass is 339 g/mol. The van der Waals surface area contributed by atoms with Crippen LogP contribution in [0.2, 0.25) is 0 Å². The van der Waals surface area contributed by atoms with Gasteiger partial charge in [0, 0.05) is 19.3 Å². The number of hydrogen-bond donors (Lipinski definition) is 2.